The Bertz CT molecular complexity index is 466. The minimum absolute atomic E-state index is 0.177. The topological polar surface area (TPSA) is 35.5 Å². The molecule has 35 heavy (non-hydrogen) atoms. The first-order valence-electron chi connectivity index (χ1n) is 15.2. The van der Waals surface area contributed by atoms with Gasteiger partial charge in [0.05, 0.1) is 6.61 Å². The molecule has 0 heterocycles. The SMILES string of the molecule is C=C(COCCCCCCCCCCCCCCCC)COC(=O)C(Br)CCCCCCCCC. The molecular weight excluding hydrogens is 500 g/mol. The molecule has 1 atom stereocenters. The molecule has 0 radical (unpaired) electrons. The molecule has 0 fully saturated rings. The molecule has 0 amide bonds. The highest BCUT2D eigenvalue weighted by molar-refractivity contribution is 9.10. The Balaban J connectivity index is 3.38. The predicted octanol–water partition coefficient (Wildman–Crippen LogP) is 10.5. The van der Waals surface area contributed by atoms with E-state index >= 15 is 0 Å². The van der Waals surface area contributed by atoms with Crippen molar-refractivity contribution in [1.82, 2.24) is 0 Å². The molecule has 0 spiro atoms. The molecule has 0 aliphatic carbocycles. The highest BCUT2D eigenvalue weighted by Crippen LogP contribution is 2.16. The lowest BCUT2D eigenvalue weighted by atomic mass is 10.0. The van der Waals surface area contributed by atoms with E-state index in [-0.39, 0.29) is 17.4 Å². The average Bonchev–Trinajstić information content (AvgIpc) is 2.86. The molecule has 0 aliphatic heterocycles. The summed E-state index contributed by atoms with van der Waals surface area (Å²) in [6.07, 6.45) is 28.7. The van der Waals surface area contributed by atoms with Crippen LogP contribution in [0.25, 0.3) is 0 Å². The van der Waals surface area contributed by atoms with Crippen molar-refractivity contribution < 1.29 is 14.3 Å². The van der Waals surface area contributed by atoms with Crippen molar-refractivity contribution in [3.63, 3.8) is 0 Å². The zero-order chi connectivity index (χ0) is 25.8. The third kappa shape index (κ3) is 26.5. The van der Waals surface area contributed by atoms with Crippen LogP contribution in [0.15, 0.2) is 12.2 Å². The van der Waals surface area contributed by atoms with Gasteiger partial charge in [0.15, 0.2) is 0 Å². The van der Waals surface area contributed by atoms with E-state index in [1.54, 1.807) is 0 Å². The molecule has 208 valence electrons. The van der Waals surface area contributed by atoms with Gasteiger partial charge in [0.25, 0.3) is 0 Å². The van der Waals surface area contributed by atoms with Crippen molar-refractivity contribution in [3.8, 4) is 0 Å². The van der Waals surface area contributed by atoms with Crippen LogP contribution >= 0.6 is 15.9 Å². The van der Waals surface area contributed by atoms with Gasteiger partial charge in [-0.15, -0.1) is 0 Å². The van der Waals surface area contributed by atoms with Crippen LogP contribution in [0, 0.1) is 0 Å². The number of rotatable bonds is 28. The van der Waals surface area contributed by atoms with Crippen LogP contribution < -0.4 is 0 Å². The first-order valence-corrected chi connectivity index (χ1v) is 16.1. The van der Waals surface area contributed by atoms with Gasteiger partial charge in [0, 0.05) is 6.61 Å². The summed E-state index contributed by atoms with van der Waals surface area (Å²) in [5, 5.41) is 0. The van der Waals surface area contributed by atoms with Gasteiger partial charge in [-0.05, 0) is 18.4 Å². The van der Waals surface area contributed by atoms with Gasteiger partial charge in [-0.1, -0.05) is 165 Å². The molecule has 3 nitrogen and oxygen atoms in total. The number of ether oxygens (including phenoxy) is 2. The summed E-state index contributed by atoms with van der Waals surface area (Å²) in [5.41, 5.74) is 0.833. The first-order chi connectivity index (χ1) is 17.1. The molecular formula is C31H59BrO3. The molecule has 0 N–H and O–H groups in total. The molecule has 4 heteroatoms. The third-order valence-corrected chi connectivity index (χ3v) is 7.52. The van der Waals surface area contributed by atoms with Gasteiger partial charge in [-0.3, -0.25) is 4.79 Å². The van der Waals surface area contributed by atoms with Crippen molar-refractivity contribution in [2.24, 2.45) is 0 Å². The Morgan fingerprint density at radius 1 is 0.629 bits per heavy atom. The Labute approximate surface area is 227 Å². The largest absolute Gasteiger partial charge is 0.460 e. The van der Waals surface area contributed by atoms with Crippen molar-refractivity contribution in [3.05, 3.63) is 12.2 Å². The van der Waals surface area contributed by atoms with Crippen LogP contribution in [0.5, 0.6) is 0 Å². The normalized spacial score (nSPS) is 12.1. The van der Waals surface area contributed by atoms with E-state index in [1.165, 1.54) is 122 Å². The molecule has 1 unspecified atom stereocenters. The number of hydrogen-bond acceptors (Lipinski definition) is 3. The van der Waals surface area contributed by atoms with Gasteiger partial charge in [-0.2, -0.15) is 0 Å². The fourth-order valence-corrected chi connectivity index (χ4v) is 4.77. The van der Waals surface area contributed by atoms with Crippen molar-refractivity contribution in [2.45, 2.75) is 160 Å². The number of esters is 1. The van der Waals surface area contributed by atoms with E-state index in [1.807, 2.05) is 0 Å². The van der Waals surface area contributed by atoms with E-state index in [2.05, 4.69) is 36.4 Å². The molecule has 0 saturated heterocycles. The zero-order valence-corrected chi connectivity index (χ0v) is 25.2. The summed E-state index contributed by atoms with van der Waals surface area (Å²) in [6, 6.07) is 0. The van der Waals surface area contributed by atoms with Crippen LogP contribution in [-0.2, 0) is 14.3 Å². The first kappa shape index (κ1) is 34.6. The van der Waals surface area contributed by atoms with Crippen molar-refractivity contribution in [1.29, 1.82) is 0 Å². The average molecular weight is 560 g/mol. The summed E-state index contributed by atoms with van der Waals surface area (Å²) in [5.74, 6) is -0.177. The summed E-state index contributed by atoms with van der Waals surface area (Å²) >= 11 is 3.48. The van der Waals surface area contributed by atoms with Gasteiger partial charge >= 0.3 is 5.97 Å². The van der Waals surface area contributed by atoms with Gasteiger partial charge < -0.3 is 9.47 Å². The maximum atomic E-state index is 12.1. The van der Waals surface area contributed by atoms with Crippen molar-refractivity contribution >= 4 is 21.9 Å². The van der Waals surface area contributed by atoms with E-state index in [0.717, 1.165) is 31.4 Å². The number of carbonyl (C=O) groups is 1. The summed E-state index contributed by atoms with van der Waals surface area (Å²) in [6.45, 7) is 10.0. The van der Waals surface area contributed by atoms with Crippen LogP contribution in [0.4, 0.5) is 0 Å². The Hall–Kier alpha value is -0.350. The van der Waals surface area contributed by atoms with E-state index < -0.39 is 0 Å². The monoisotopic (exact) mass is 558 g/mol. The molecule has 0 aliphatic rings. The van der Waals surface area contributed by atoms with Crippen LogP contribution in [0.3, 0.4) is 0 Å². The molecule has 0 saturated carbocycles. The molecule has 0 aromatic carbocycles. The van der Waals surface area contributed by atoms with E-state index in [0.29, 0.717) is 6.61 Å². The Morgan fingerprint density at radius 2 is 1.03 bits per heavy atom. The standard InChI is InChI=1S/C31H59BrO3/c1-4-6-8-10-12-13-14-15-16-17-18-20-22-24-26-34-27-29(3)28-35-31(33)30(32)25-23-21-19-11-9-7-5-2/h30H,3-28H2,1-2H3. The summed E-state index contributed by atoms with van der Waals surface area (Å²) < 4.78 is 11.1. The second-order valence-electron chi connectivity index (χ2n) is 10.4. The third-order valence-electron chi connectivity index (χ3n) is 6.68. The van der Waals surface area contributed by atoms with Crippen molar-refractivity contribution in [2.75, 3.05) is 19.8 Å². The molecule has 0 aromatic heterocycles. The Kier molecular flexibility index (Phi) is 27.9. The van der Waals surface area contributed by atoms with Crippen LogP contribution in [0.1, 0.15) is 155 Å². The highest BCUT2D eigenvalue weighted by atomic mass is 79.9. The summed E-state index contributed by atoms with van der Waals surface area (Å²) in [4.78, 5) is 11.9. The quantitative estimate of drug-likeness (QED) is 0.0414. The smallest absolute Gasteiger partial charge is 0.320 e. The lowest BCUT2D eigenvalue weighted by Crippen LogP contribution is -2.19. The lowest BCUT2D eigenvalue weighted by molar-refractivity contribution is -0.142. The van der Waals surface area contributed by atoms with Gasteiger partial charge in [0.1, 0.15) is 11.4 Å². The maximum absolute atomic E-state index is 12.1. The second kappa shape index (κ2) is 28.2. The van der Waals surface area contributed by atoms with Crippen LogP contribution in [-0.4, -0.2) is 30.6 Å². The highest BCUT2D eigenvalue weighted by Gasteiger charge is 2.16. The number of carbonyl (C=O) groups excluding carboxylic acids is 1. The second-order valence-corrected chi connectivity index (χ2v) is 11.5. The molecule has 0 bridgehead atoms. The minimum Gasteiger partial charge on any atom is -0.460 e. The van der Waals surface area contributed by atoms with Gasteiger partial charge in [0.2, 0.25) is 0 Å². The van der Waals surface area contributed by atoms with Gasteiger partial charge in [-0.25, -0.2) is 0 Å². The molecule has 0 aromatic rings. The number of unbranched alkanes of at least 4 members (excludes halogenated alkanes) is 19. The fourth-order valence-electron chi connectivity index (χ4n) is 4.32. The fraction of sp³-hybridized carbons (Fsp3) is 0.903. The van der Waals surface area contributed by atoms with E-state index in [4.69, 9.17) is 9.47 Å². The summed E-state index contributed by atoms with van der Waals surface area (Å²) in [7, 11) is 0. The minimum atomic E-state index is -0.206. The maximum Gasteiger partial charge on any atom is 0.320 e. The lowest BCUT2D eigenvalue weighted by Gasteiger charge is -2.12. The van der Waals surface area contributed by atoms with E-state index in [9.17, 15) is 4.79 Å². The van der Waals surface area contributed by atoms with Crippen LogP contribution in [0.2, 0.25) is 0 Å². The number of alkyl halides is 1. The zero-order valence-electron chi connectivity index (χ0n) is 23.6. The predicted molar refractivity (Wildman–Crippen MR) is 157 cm³/mol. The Morgan fingerprint density at radius 3 is 1.49 bits per heavy atom. The molecule has 0 rings (SSSR count). The number of halogens is 1. The number of hydrogen-bond donors (Lipinski definition) is 0.